The van der Waals surface area contributed by atoms with Crippen LogP contribution in [0, 0.1) is 0 Å². The molecule has 8 atom stereocenters. The smallest absolute Gasteiger partial charge is 0.382 e. The lowest BCUT2D eigenvalue weighted by Crippen LogP contribution is -2.36. The van der Waals surface area contributed by atoms with Gasteiger partial charge in [-0.2, -0.15) is 9.97 Å². The molecule has 6 N–H and O–H groups in total. The summed E-state index contributed by atoms with van der Waals surface area (Å²) in [6.07, 6.45) is -6.33. The fraction of sp³-hybridized carbons (Fsp3) is 0.600. The van der Waals surface area contributed by atoms with Crippen molar-refractivity contribution < 1.29 is 41.8 Å². The lowest BCUT2D eigenvalue weighted by molar-refractivity contribution is -0.0644. The van der Waals surface area contributed by atoms with Gasteiger partial charge in [-0.15, -0.1) is 0 Å². The minimum Gasteiger partial charge on any atom is -0.382 e. The molecule has 2 aliphatic heterocycles. The molecule has 0 amide bonds. The molecule has 0 spiro atoms. The third-order valence-electron chi connectivity index (χ3n) is 6.52. The van der Waals surface area contributed by atoms with Crippen molar-refractivity contribution in [3.8, 4) is 0 Å². The Balaban J connectivity index is 1.27. The van der Waals surface area contributed by atoms with Crippen molar-refractivity contribution in [3.05, 3.63) is 33.5 Å². The summed E-state index contributed by atoms with van der Waals surface area (Å²) in [6.45, 7) is -0.745. The fourth-order valence-corrected chi connectivity index (χ4v) is 5.60. The Labute approximate surface area is 229 Å². The summed E-state index contributed by atoms with van der Waals surface area (Å²) in [6, 6.07) is 0. The number of fused-ring (bicyclic) bond motifs is 1. The van der Waals surface area contributed by atoms with E-state index in [1.165, 1.54) is 25.1 Å². The van der Waals surface area contributed by atoms with Crippen molar-refractivity contribution in [2.75, 3.05) is 38.9 Å². The molecule has 224 valence electrons. The van der Waals surface area contributed by atoms with Crippen LogP contribution >= 0.6 is 7.82 Å². The van der Waals surface area contributed by atoms with Gasteiger partial charge in [0.15, 0.2) is 23.6 Å². The number of ether oxygens (including phenoxy) is 4. The number of anilines is 2. The number of nitrogens with one attached hydrogen (secondary N) is 1. The molecule has 5 rings (SSSR count). The third kappa shape index (κ3) is 5.86. The monoisotopic (exact) mass is 603 g/mol. The topological polar surface area (TPSA) is 256 Å². The van der Waals surface area contributed by atoms with Gasteiger partial charge in [-0.1, -0.05) is 0 Å². The number of nitrogen functional groups attached to an aromatic ring is 2. The van der Waals surface area contributed by atoms with Crippen LogP contribution < -0.4 is 22.7 Å². The van der Waals surface area contributed by atoms with Gasteiger partial charge < -0.3 is 35.3 Å². The number of hydrogen-bond donors (Lipinski definition) is 4. The number of methoxy groups -OCH3 is 2. The summed E-state index contributed by atoms with van der Waals surface area (Å²) >= 11 is 0. The van der Waals surface area contributed by atoms with Gasteiger partial charge in [-0.3, -0.25) is 28.0 Å². The van der Waals surface area contributed by atoms with Crippen LogP contribution in [-0.4, -0.2) is 97.0 Å². The van der Waals surface area contributed by atoms with E-state index in [0.717, 1.165) is 10.9 Å². The van der Waals surface area contributed by atoms with Gasteiger partial charge in [-0.05, 0) is 0 Å². The molecule has 19 nitrogen and oxygen atoms in total. The Morgan fingerprint density at radius 3 is 2.61 bits per heavy atom. The second-order valence-electron chi connectivity index (χ2n) is 9.12. The molecule has 0 saturated carbocycles. The first kappa shape index (κ1) is 29.1. The second-order valence-corrected chi connectivity index (χ2v) is 10.5. The van der Waals surface area contributed by atoms with Gasteiger partial charge in [-0.25, -0.2) is 23.7 Å². The molecular weight excluding hydrogens is 576 g/mol. The predicted molar refractivity (Wildman–Crippen MR) is 134 cm³/mol. The first-order chi connectivity index (χ1) is 19.5. The van der Waals surface area contributed by atoms with Gasteiger partial charge in [0.2, 0.25) is 11.9 Å². The summed E-state index contributed by atoms with van der Waals surface area (Å²) in [5.41, 5.74) is 9.76. The van der Waals surface area contributed by atoms with Crippen LogP contribution in [0.1, 0.15) is 18.9 Å². The Kier molecular flexibility index (Phi) is 8.17. The number of phosphoric ester groups is 1. The van der Waals surface area contributed by atoms with E-state index >= 15 is 4.39 Å². The summed E-state index contributed by atoms with van der Waals surface area (Å²) in [5.74, 6) is -0.441. The minimum absolute atomic E-state index is 0.0426. The summed E-state index contributed by atoms with van der Waals surface area (Å²) in [4.78, 5) is 52.3. The van der Waals surface area contributed by atoms with E-state index in [4.69, 9.17) is 39.5 Å². The Hall–Kier alpha value is -3.36. The van der Waals surface area contributed by atoms with E-state index in [0.29, 0.717) is 0 Å². The highest BCUT2D eigenvalue weighted by Gasteiger charge is 2.51. The number of rotatable bonds is 10. The summed E-state index contributed by atoms with van der Waals surface area (Å²) in [7, 11) is -2.23. The van der Waals surface area contributed by atoms with E-state index in [1.54, 1.807) is 0 Å². The summed E-state index contributed by atoms with van der Waals surface area (Å²) in [5, 5.41) is 0. The van der Waals surface area contributed by atoms with Crippen molar-refractivity contribution in [1.82, 2.24) is 34.1 Å². The number of alkyl halides is 1. The molecule has 2 fully saturated rings. The SMILES string of the molecule is COC[C@H]1O[C@@H](n2cnc(N)nc2=O)C(F)[C@H]1OP(=O)(O)OC[C@H]1O[C@@H](n2cnc3c(=O)[nH]c(N)nc32)CC1OC. The lowest BCUT2D eigenvalue weighted by atomic mass is 10.1. The number of H-pyrrole nitrogens is 1. The lowest BCUT2D eigenvalue weighted by Gasteiger charge is -2.23. The zero-order chi connectivity index (χ0) is 29.5. The molecule has 0 radical (unpaired) electrons. The first-order valence-electron chi connectivity index (χ1n) is 12.1. The molecule has 2 aliphatic rings. The minimum atomic E-state index is -4.94. The van der Waals surface area contributed by atoms with Crippen molar-refractivity contribution in [3.63, 3.8) is 0 Å². The van der Waals surface area contributed by atoms with Crippen LogP contribution in [0.4, 0.5) is 16.3 Å². The number of imidazole rings is 1. The average molecular weight is 603 g/mol. The maximum Gasteiger partial charge on any atom is 0.472 e. The van der Waals surface area contributed by atoms with Gasteiger partial charge in [0.1, 0.15) is 30.9 Å². The maximum absolute atomic E-state index is 15.4. The highest BCUT2D eigenvalue weighted by molar-refractivity contribution is 7.47. The summed E-state index contributed by atoms with van der Waals surface area (Å²) < 4.78 is 62.8. The molecule has 0 aromatic carbocycles. The normalized spacial score (nSPS) is 29.7. The molecule has 0 bridgehead atoms. The van der Waals surface area contributed by atoms with Crippen LogP contribution in [0.2, 0.25) is 0 Å². The molecule has 21 heteroatoms. The molecule has 3 unspecified atom stereocenters. The number of halogens is 1. The number of aromatic amines is 1. The number of hydrogen-bond acceptors (Lipinski definition) is 15. The highest BCUT2D eigenvalue weighted by atomic mass is 31.2. The third-order valence-corrected chi connectivity index (χ3v) is 7.50. The van der Waals surface area contributed by atoms with E-state index in [-0.39, 0.29) is 36.1 Å². The van der Waals surface area contributed by atoms with E-state index in [2.05, 4.69) is 24.9 Å². The quantitative estimate of drug-likeness (QED) is 0.195. The van der Waals surface area contributed by atoms with E-state index < -0.39 is 68.7 Å². The van der Waals surface area contributed by atoms with Crippen LogP contribution in [0.25, 0.3) is 11.2 Å². The molecule has 3 aromatic heterocycles. The van der Waals surface area contributed by atoms with E-state index in [1.807, 2.05) is 0 Å². The Morgan fingerprint density at radius 1 is 1.15 bits per heavy atom. The van der Waals surface area contributed by atoms with Crippen molar-refractivity contribution in [2.45, 2.75) is 49.5 Å². The predicted octanol–water partition coefficient (Wildman–Crippen LogP) is -1.38. The van der Waals surface area contributed by atoms with Gasteiger partial charge in [0, 0.05) is 20.6 Å². The molecule has 2 saturated heterocycles. The average Bonchev–Trinajstić information content (AvgIpc) is 3.60. The van der Waals surface area contributed by atoms with Crippen molar-refractivity contribution in [1.29, 1.82) is 0 Å². The zero-order valence-corrected chi connectivity index (χ0v) is 22.5. The number of nitrogens with zero attached hydrogens (tertiary/aromatic N) is 6. The first-order valence-corrected chi connectivity index (χ1v) is 13.6. The maximum atomic E-state index is 15.4. The highest BCUT2D eigenvalue weighted by Crippen LogP contribution is 2.49. The van der Waals surface area contributed by atoms with Crippen molar-refractivity contribution >= 4 is 30.9 Å². The Bertz CT molecular complexity index is 1570. The standard InChI is InChI=1S/C20H27FN9O10P/c1-35-4-10-14(12(21)17(39-10)30-7-25-18(22)28-20(30)32)40-41(33,34)37-5-9-8(36-2)3-11(38-9)29-6-24-13-15(29)26-19(23)27-16(13)31/h6-12,14,17H,3-5H2,1-2H3,(H,33,34)(H2,22,28,32)(H3,23,26,27,31)/t8?,9-,10-,11-,12?,14+,17-/m1/s1. The van der Waals surface area contributed by atoms with E-state index in [9.17, 15) is 19.0 Å². The van der Waals surface area contributed by atoms with Crippen LogP contribution in [0.15, 0.2) is 22.2 Å². The molecular formula is C20H27FN9O10P. The Morgan fingerprint density at radius 2 is 1.90 bits per heavy atom. The molecule has 41 heavy (non-hydrogen) atoms. The second kappa shape index (κ2) is 11.5. The van der Waals surface area contributed by atoms with Gasteiger partial charge >= 0.3 is 13.5 Å². The van der Waals surface area contributed by atoms with Crippen LogP contribution in [0.3, 0.4) is 0 Å². The van der Waals surface area contributed by atoms with Crippen LogP contribution in [0.5, 0.6) is 0 Å². The number of nitrogens with two attached hydrogens (primary N) is 2. The number of phosphoric acid groups is 1. The number of aromatic nitrogens is 7. The largest absolute Gasteiger partial charge is 0.472 e. The zero-order valence-electron chi connectivity index (χ0n) is 21.6. The van der Waals surface area contributed by atoms with Crippen molar-refractivity contribution in [2.24, 2.45) is 0 Å². The van der Waals surface area contributed by atoms with Gasteiger partial charge in [0.25, 0.3) is 5.56 Å². The fourth-order valence-electron chi connectivity index (χ4n) is 4.65. The molecule has 5 heterocycles. The van der Waals surface area contributed by atoms with Crippen LogP contribution in [-0.2, 0) is 32.6 Å². The molecule has 3 aromatic rings. The molecule has 0 aliphatic carbocycles. The van der Waals surface area contributed by atoms with Gasteiger partial charge in [0.05, 0.1) is 25.6 Å².